The van der Waals surface area contributed by atoms with Crippen LogP contribution in [0.5, 0.6) is 23.3 Å². The number of halogens is 1. The van der Waals surface area contributed by atoms with Crippen LogP contribution in [0.3, 0.4) is 0 Å². The molecule has 3 heterocycles. The zero-order chi connectivity index (χ0) is 41.8. The van der Waals surface area contributed by atoms with Crippen LogP contribution >= 0.6 is 11.6 Å². The number of carbonyl (C=O) groups excluding carboxylic acids is 2. The van der Waals surface area contributed by atoms with Crippen LogP contribution in [0, 0.1) is 5.21 Å². The molecule has 2 N–H and O–H groups in total. The number of hydrogen-bond donors (Lipinski definition) is 2. The largest absolute Gasteiger partial charge is 0.494 e. The fraction of sp³-hybridized carbons (Fsp3) is 0.263. The van der Waals surface area contributed by atoms with Gasteiger partial charge in [-0.15, -0.1) is 0 Å². The number of sulfone groups is 1. The van der Waals surface area contributed by atoms with Crippen molar-refractivity contribution in [1.29, 1.82) is 0 Å². The van der Waals surface area contributed by atoms with Crippen LogP contribution in [0.4, 0.5) is 23.0 Å². The van der Waals surface area contributed by atoms with Gasteiger partial charge in [0, 0.05) is 49.7 Å². The number of amides is 1. The molecule has 0 spiro atoms. The summed E-state index contributed by atoms with van der Waals surface area (Å²) >= 11 is 6.33. The standard InChI is InChI=1S/C38H39ClN8O11S/c1-3-33(48)41-26-8-7-9-28(22-26)57-35-30(39)24-40-38(43-35)42-31-13-12-27(23-32(31)53-2)46-16-14-45(15-17-46)25-34(49)55-20-18-54-19-21-56-36-37(47(50)58-44-36)59(51,52)29-10-5-4-6-11-29/h3-13,22-24H,1,14-21,25H2,2H3,(H,41,48)(H,40,42,43). The van der Waals surface area contributed by atoms with E-state index in [0.717, 1.165) is 5.69 Å². The van der Waals surface area contributed by atoms with E-state index in [0.29, 0.717) is 49.1 Å². The molecule has 1 aliphatic heterocycles. The number of esters is 1. The second-order valence-electron chi connectivity index (χ2n) is 12.5. The highest BCUT2D eigenvalue weighted by atomic mass is 35.5. The third kappa shape index (κ3) is 11.1. The molecule has 1 aliphatic rings. The van der Waals surface area contributed by atoms with E-state index in [1.807, 2.05) is 23.1 Å². The lowest BCUT2D eigenvalue weighted by molar-refractivity contribution is -0.832. The lowest BCUT2D eigenvalue weighted by atomic mass is 10.2. The van der Waals surface area contributed by atoms with Gasteiger partial charge in [-0.1, -0.05) is 42.4 Å². The summed E-state index contributed by atoms with van der Waals surface area (Å²) < 4.78 is 57.8. The molecular formula is C38H39ClN8O11S. The molecule has 0 aliphatic carbocycles. The molecule has 3 aromatic carbocycles. The number of rotatable bonds is 19. The van der Waals surface area contributed by atoms with E-state index < -0.39 is 26.7 Å². The summed E-state index contributed by atoms with van der Waals surface area (Å²) in [6.07, 6.45) is 2.57. The highest BCUT2D eigenvalue weighted by Crippen LogP contribution is 2.34. The maximum Gasteiger partial charge on any atom is 0.415 e. The van der Waals surface area contributed by atoms with Crippen molar-refractivity contribution in [2.24, 2.45) is 0 Å². The maximum absolute atomic E-state index is 12.9. The van der Waals surface area contributed by atoms with Gasteiger partial charge in [-0.25, -0.2) is 13.4 Å². The van der Waals surface area contributed by atoms with Crippen molar-refractivity contribution >= 4 is 56.3 Å². The highest BCUT2D eigenvalue weighted by Gasteiger charge is 2.35. The maximum atomic E-state index is 12.9. The first-order valence-electron chi connectivity index (χ1n) is 18.0. The molecule has 59 heavy (non-hydrogen) atoms. The molecule has 2 aromatic heterocycles. The van der Waals surface area contributed by atoms with Crippen molar-refractivity contribution < 1.29 is 51.2 Å². The molecule has 5 aromatic rings. The molecule has 1 saturated heterocycles. The van der Waals surface area contributed by atoms with E-state index in [1.54, 1.807) is 37.4 Å². The van der Waals surface area contributed by atoms with E-state index >= 15 is 0 Å². The molecule has 1 fully saturated rings. The molecule has 0 radical (unpaired) electrons. The number of carbonyl (C=O) groups is 2. The first-order valence-corrected chi connectivity index (χ1v) is 19.8. The number of ether oxygens (including phenoxy) is 5. The first-order chi connectivity index (χ1) is 28.5. The van der Waals surface area contributed by atoms with Crippen LogP contribution in [0.15, 0.2) is 106 Å². The minimum atomic E-state index is -4.24. The summed E-state index contributed by atoms with van der Waals surface area (Å²) in [6, 6.07) is 19.8. The van der Waals surface area contributed by atoms with Crippen molar-refractivity contribution in [3.63, 3.8) is 0 Å². The van der Waals surface area contributed by atoms with Gasteiger partial charge in [0.25, 0.3) is 9.84 Å². The Balaban J connectivity index is 0.912. The van der Waals surface area contributed by atoms with Crippen LogP contribution in [-0.4, -0.2) is 107 Å². The zero-order valence-corrected chi connectivity index (χ0v) is 33.2. The number of aromatic nitrogens is 4. The second kappa shape index (κ2) is 19.8. The van der Waals surface area contributed by atoms with Crippen molar-refractivity contribution in [1.82, 2.24) is 20.0 Å². The minimum Gasteiger partial charge on any atom is -0.494 e. The average molecular weight is 851 g/mol. The minimum absolute atomic E-state index is 0.000966. The Morgan fingerprint density at radius 2 is 1.78 bits per heavy atom. The monoisotopic (exact) mass is 850 g/mol. The van der Waals surface area contributed by atoms with Gasteiger partial charge in [0.2, 0.25) is 17.7 Å². The molecule has 0 unspecified atom stereocenters. The topological polar surface area (TPSA) is 224 Å². The van der Waals surface area contributed by atoms with Gasteiger partial charge in [0.1, 0.15) is 29.7 Å². The fourth-order valence-electron chi connectivity index (χ4n) is 5.67. The lowest BCUT2D eigenvalue weighted by Crippen LogP contribution is -2.48. The Labute approximate surface area is 343 Å². The average Bonchev–Trinajstić information content (AvgIpc) is 3.63. The number of nitrogens with zero attached hydrogens (tertiary/aromatic N) is 6. The van der Waals surface area contributed by atoms with Gasteiger partial charge in [0.15, 0.2) is 0 Å². The zero-order valence-electron chi connectivity index (χ0n) is 31.6. The van der Waals surface area contributed by atoms with Gasteiger partial charge < -0.3 is 44.4 Å². The van der Waals surface area contributed by atoms with Crippen LogP contribution in [-0.2, 0) is 28.9 Å². The first kappa shape index (κ1) is 42.1. The molecular weight excluding hydrogens is 812 g/mol. The number of anilines is 4. The summed E-state index contributed by atoms with van der Waals surface area (Å²) in [5.74, 6) is -0.00301. The number of piperazine rings is 1. The van der Waals surface area contributed by atoms with Crippen molar-refractivity contribution in [3.05, 3.63) is 102 Å². The predicted molar refractivity (Wildman–Crippen MR) is 212 cm³/mol. The molecule has 0 bridgehead atoms. The molecule has 6 rings (SSSR count). The number of benzene rings is 3. The summed E-state index contributed by atoms with van der Waals surface area (Å²) in [5.41, 5.74) is 2.03. The summed E-state index contributed by atoms with van der Waals surface area (Å²) in [4.78, 5) is 36.7. The van der Waals surface area contributed by atoms with Gasteiger partial charge in [0.05, 0.1) is 48.8 Å². The van der Waals surface area contributed by atoms with Crippen molar-refractivity contribution in [2.45, 2.75) is 9.92 Å². The predicted octanol–water partition coefficient (Wildman–Crippen LogP) is 4.01. The Hall–Kier alpha value is -6.48. The molecule has 1 amide bonds. The van der Waals surface area contributed by atoms with Gasteiger partial charge in [-0.2, -0.15) is 4.98 Å². The van der Waals surface area contributed by atoms with Crippen LogP contribution in [0.25, 0.3) is 0 Å². The smallest absolute Gasteiger partial charge is 0.415 e. The van der Waals surface area contributed by atoms with Gasteiger partial charge in [-0.3, -0.25) is 19.1 Å². The number of hydrogen-bond acceptors (Lipinski definition) is 17. The SMILES string of the molecule is C=CC(=O)Nc1cccc(Oc2nc(Nc3ccc(N4CCN(CC(=O)OCCOCCOc5no[n+]([O-])c5S(=O)(=O)c5ccccc5)CC4)cc3OC)ncc2Cl)c1. The molecule has 0 atom stereocenters. The highest BCUT2D eigenvalue weighted by molar-refractivity contribution is 7.91. The second-order valence-corrected chi connectivity index (χ2v) is 14.8. The van der Waals surface area contributed by atoms with E-state index in [9.17, 15) is 23.2 Å². The van der Waals surface area contributed by atoms with Crippen LogP contribution < -0.4 is 34.6 Å². The van der Waals surface area contributed by atoms with E-state index in [4.69, 9.17) is 35.3 Å². The third-order valence-electron chi connectivity index (χ3n) is 8.55. The van der Waals surface area contributed by atoms with Gasteiger partial charge in [-0.05, 0) is 47.4 Å². The van der Waals surface area contributed by atoms with Crippen molar-refractivity contribution in [3.8, 4) is 23.3 Å². The Morgan fingerprint density at radius 3 is 2.54 bits per heavy atom. The summed E-state index contributed by atoms with van der Waals surface area (Å²) in [7, 11) is -2.68. The van der Waals surface area contributed by atoms with Crippen molar-refractivity contribution in [2.75, 3.05) is 81.8 Å². The molecule has 21 heteroatoms. The number of methoxy groups -OCH3 is 1. The van der Waals surface area contributed by atoms with E-state index in [-0.39, 0.29) is 65.5 Å². The summed E-state index contributed by atoms with van der Waals surface area (Å²) in [5, 5.41) is 20.6. The van der Waals surface area contributed by atoms with E-state index in [1.165, 1.54) is 36.5 Å². The lowest BCUT2D eigenvalue weighted by Gasteiger charge is -2.35. The third-order valence-corrected chi connectivity index (χ3v) is 10.5. The Morgan fingerprint density at radius 1 is 1.00 bits per heavy atom. The summed E-state index contributed by atoms with van der Waals surface area (Å²) in [6.45, 7) is 6.01. The van der Waals surface area contributed by atoms with Crippen LogP contribution in [0.2, 0.25) is 5.02 Å². The molecule has 0 saturated carbocycles. The van der Waals surface area contributed by atoms with E-state index in [2.05, 4.69) is 41.9 Å². The normalized spacial score (nSPS) is 13.0. The number of nitrogens with one attached hydrogen (secondary N) is 2. The van der Waals surface area contributed by atoms with Crippen LogP contribution in [0.1, 0.15) is 0 Å². The van der Waals surface area contributed by atoms with Gasteiger partial charge >= 0.3 is 16.9 Å². The quantitative estimate of drug-likeness (QED) is 0.0518. The Kier molecular flexibility index (Phi) is 14.1. The molecule has 310 valence electrons. The fourth-order valence-corrected chi connectivity index (χ4v) is 7.10. The Bertz CT molecular complexity index is 2360. The molecule has 19 nitrogen and oxygen atoms in total.